The molecule has 2 aromatic carbocycles. The Hall–Kier alpha value is -1.93. The molecule has 0 spiro atoms. The lowest BCUT2D eigenvalue weighted by Crippen LogP contribution is -2.00. The molecule has 112 valence electrons. The third-order valence-corrected chi connectivity index (χ3v) is 4.96. The van der Waals surface area contributed by atoms with E-state index in [1.165, 1.54) is 28.7 Å². The van der Waals surface area contributed by atoms with Gasteiger partial charge in [0.1, 0.15) is 0 Å². The van der Waals surface area contributed by atoms with Gasteiger partial charge in [0.25, 0.3) is 0 Å². The third kappa shape index (κ3) is 2.97. The molecule has 0 amide bonds. The molecule has 0 atom stereocenters. The van der Waals surface area contributed by atoms with Gasteiger partial charge in [-0.25, -0.2) is 0 Å². The second-order valence-corrected chi connectivity index (χ2v) is 6.69. The highest BCUT2D eigenvalue weighted by molar-refractivity contribution is 7.17. The average molecular weight is 308 g/mol. The minimum absolute atomic E-state index is 0.122. The van der Waals surface area contributed by atoms with Gasteiger partial charge in [-0.05, 0) is 37.0 Å². The number of aryl methyl sites for hydroxylation is 2. The second-order valence-electron chi connectivity index (χ2n) is 5.78. The van der Waals surface area contributed by atoms with E-state index in [-0.39, 0.29) is 5.78 Å². The van der Waals surface area contributed by atoms with E-state index in [2.05, 4.69) is 44.2 Å². The number of fused-ring (bicyclic) bond motifs is 1. The number of ketones is 1. The zero-order chi connectivity index (χ0) is 15.5. The SMILES string of the molecule is CCCCc1ccc(C(=O)c2csc3cc(C)ccc23)cc1. The molecule has 1 heterocycles. The van der Waals surface area contributed by atoms with Crippen molar-refractivity contribution in [1.82, 2.24) is 0 Å². The third-order valence-electron chi connectivity index (χ3n) is 4.01. The van der Waals surface area contributed by atoms with Crippen LogP contribution in [0.4, 0.5) is 0 Å². The minimum atomic E-state index is 0.122. The van der Waals surface area contributed by atoms with Crippen LogP contribution < -0.4 is 0 Å². The largest absolute Gasteiger partial charge is 0.289 e. The predicted octanol–water partition coefficient (Wildman–Crippen LogP) is 5.78. The maximum atomic E-state index is 12.7. The van der Waals surface area contributed by atoms with Crippen molar-refractivity contribution in [3.8, 4) is 0 Å². The molecule has 0 unspecified atom stereocenters. The quantitative estimate of drug-likeness (QED) is 0.546. The highest BCUT2D eigenvalue weighted by Crippen LogP contribution is 2.28. The Labute approximate surface area is 135 Å². The highest BCUT2D eigenvalue weighted by atomic mass is 32.1. The van der Waals surface area contributed by atoms with Gasteiger partial charge in [0.2, 0.25) is 0 Å². The Morgan fingerprint density at radius 2 is 1.86 bits per heavy atom. The summed E-state index contributed by atoms with van der Waals surface area (Å²) in [4.78, 5) is 12.7. The fourth-order valence-corrected chi connectivity index (χ4v) is 3.71. The summed E-state index contributed by atoms with van der Waals surface area (Å²) in [6.07, 6.45) is 3.48. The molecular weight excluding hydrogens is 288 g/mol. The van der Waals surface area contributed by atoms with Gasteiger partial charge in [-0.1, -0.05) is 49.7 Å². The summed E-state index contributed by atoms with van der Waals surface area (Å²) in [5.41, 5.74) is 4.14. The lowest BCUT2D eigenvalue weighted by molar-refractivity contribution is 0.104. The lowest BCUT2D eigenvalue weighted by Gasteiger charge is -2.03. The topological polar surface area (TPSA) is 17.1 Å². The predicted molar refractivity (Wildman–Crippen MR) is 95.0 cm³/mol. The summed E-state index contributed by atoms with van der Waals surface area (Å²) in [6.45, 7) is 4.27. The molecule has 0 aliphatic rings. The van der Waals surface area contributed by atoms with E-state index in [4.69, 9.17) is 0 Å². The van der Waals surface area contributed by atoms with Crippen LogP contribution in [0.15, 0.2) is 47.8 Å². The summed E-state index contributed by atoms with van der Waals surface area (Å²) in [5, 5.41) is 3.05. The van der Waals surface area contributed by atoms with Gasteiger partial charge in [-0.15, -0.1) is 11.3 Å². The molecule has 3 aromatic rings. The van der Waals surface area contributed by atoms with Crippen molar-refractivity contribution in [2.24, 2.45) is 0 Å². The van der Waals surface area contributed by atoms with Crippen molar-refractivity contribution in [3.63, 3.8) is 0 Å². The smallest absolute Gasteiger partial charge is 0.194 e. The zero-order valence-electron chi connectivity index (χ0n) is 13.1. The number of thiophene rings is 1. The molecule has 0 aliphatic carbocycles. The second kappa shape index (κ2) is 6.45. The number of carbonyl (C=O) groups excluding carboxylic acids is 1. The molecule has 0 saturated carbocycles. The number of hydrogen-bond acceptors (Lipinski definition) is 2. The van der Waals surface area contributed by atoms with Crippen molar-refractivity contribution in [3.05, 3.63) is 70.1 Å². The van der Waals surface area contributed by atoms with Crippen LogP contribution >= 0.6 is 11.3 Å². The van der Waals surface area contributed by atoms with Crippen LogP contribution in [0.5, 0.6) is 0 Å². The Morgan fingerprint density at radius 1 is 1.09 bits per heavy atom. The Balaban J connectivity index is 1.89. The van der Waals surface area contributed by atoms with E-state index < -0.39 is 0 Å². The van der Waals surface area contributed by atoms with Crippen LogP contribution in [0, 0.1) is 6.92 Å². The van der Waals surface area contributed by atoms with Crippen LogP contribution in [0.3, 0.4) is 0 Å². The summed E-state index contributed by atoms with van der Waals surface area (Å²) in [7, 11) is 0. The van der Waals surface area contributed by atoms with Crippen LogP contribution in [0.1, 0.15) is 46.8 Å². The monoisotopic (exact) mass is 308 g/mol. The molecule has 0 bridgehead atoms. The van der Waals surface area contributed by atoms with Gasteiger partial charge in [0, 0.05) is 26.6 Å². The Bertz CT molecular complexity index is 796. The fourth-order valence-electron chi connectivity index (χ4n) is 2.67. The molecule has 1 nitrogen and oxygen atoms in total. The number of hydrogen-bond donors (Lipinski definition) is 0. The lowest BCUT2D eigenvalue weighted by atomic mass is 10.00. The first-order valence-electron chi connectivity index (χ1n) is 7.80. The van der Waals surface area contributed by atoms with Crippen molar-refractivity contribution >= 4 is 27.2 Å². The first-order valence-corrected chi connectivity index (χ1v) is 8.68. The van der Waals surface area contributed by atoms with E-state index in [0.29, 0.717) is 0 Å². The van der Waals surface area contributed by atoms with Gasteiger partial charge in [0.15, 0.2) is 5.78 Å². The van der Waals surface area contributed by atoms with Crippen LogP contribution in [0.25, 0.3) is 10.1 Å². The molecule has 0 saturated heterocycles. The number of carbonyl (C=O) groups is 1. The summed E-state index contributed by atoms with van der Waals surface area (Å²) in [5.74, 6) is 0.122. The maximum Gasteiger partial charge on any atom is 0.194 e. The first kappa shape index (κ1) is 15.0. The fraction of sp³-hybridized carbons (Fsp3) is 0.250. The molecule has 0 fully saturated rings. The normalized spacial score (nSPS) is 11.0. The van der Waals surface area contributed by atoms with Crippen LogP contribution in [-0.4, -0.2) is 5.78 Å². The number of benzene rings is 2. The Kier molecular flexibility index (Phi) is 4.39. The molecule has 2 heteroatoms. The van der Waals surface area contributed by atoms with Gasteiger partial charge >= 0.3 is 0 Å². The standard InChI is InChI=1S/C20H20OS/c1-3-4-5-15-7-9-16(10-8-15)20(21)18-13-22-19-12-14(2)6-11-17(18)19/h6-13H,3-5H2,1-2H3. The molecule has 0 aliphatic heterocycles. The molecule has 1 aromatic heterocycles. The van der Waals surface area contributed by atoms with Gasteiger partial charge in [-0.3, -0.25) is 4.79 Å². The van der Waals surface area contributed by atoms with Crippen molar-refractivity contribution in [1.29, 1.82) is 0 Å². The van der Waals surface area contributed by atoms with E-state index in [1.807, 2.05) is 17.5 Å². The number of rotatable bonds is 5. The highest BCUT2D eigenvalue weighted by Gasteiger charge is 2.14. The van der Waals surface area contributed by atoms with Crippen LogP contribution in [-0.2, 0) is 6.42 Å². The average Bonchev–Trinajstić information content (AvgIpc) is 2.95. The number of unbranched alkanes of at least 4 members (excludes halogenated alkanes) is 1. The van der Waals surface area contributed by atoms with Gasteiger partial charge in [0.05, 0.1) is 0 Å². The summed E-state index contributed by atoms with van der Waals surface area (Å²) in [6, 6.07) is 14.4. The Morgan fingerprint density at radius 3 is 2.59 bits per heavy atom. The van der Waals surface area contributed by atoms with E-state index in [1.54, 1.807) is 11.3 Å². The molecular formula is C20H20OS. The van der Waals surface area contributed by atoms with Gasteiger partial charge < -0.3 is 0 Å². The molecule has 0 radical (unpaired) electrons. The van der Waals surface area contributed by atoms with Gasteiger partial charge in [-0.2, -0.15) is 0 Å². The van der Waals surface area contributed by atoms with E-state index >= 15 is 0 Å². The molecule has 3 rings (SSSR count). The van der Waals surface area contributed by atoms with E-state index in [0.717, 1.165) is 22.9 Å². The van der Waals surface area contributed by atoms with Crippen LogP contribution in [0.2, 0.25) is 0 Å². The molecule has 0 N–H and O–H groups in total. The summed E-state index contributed by atoms with van der Waals surface area (Å²) >= 11 is 1.64. The zero-order valence-corrected chi connectivity index (χ0v) is 13.9. The maximum absolute atomic E-state index is 12.7. The van der Waals surface area contributed by atoms with Crippen molar-refractivity contribution < 1.29 is 4.79 Å². The van der Waals surface area contributed by atoms with Crippen molar-refractivity contribution in [2.45, 2.75) is 33.1 Å². The summed E-state index contributed by atoms with van der Waals surface area (Å²) < 4.78 is 1.18. The minimum Gasteiger partial charge on any atom is -0.289 e. The molecule has 22 heavy (non-hydrogen) atoms. The van der Waals surface area contributed by atoms with Crippen molar-refractivity contribution in [2.75, 3.05) is 0 Å². The first-order chi connectivity index (χ1) is 10.7. The van der Waals surface area contributed by atoms with E-state index in [9.17, 15) is 4.79 Å².